The number of alkyl halides is 1. The van der Waals surface area contributed by atoms with Gasteiger partial charge in [-0.2, -0.15) is 0 Å². The lowest BCUT2D eigenvalue weighted by atomic mass is 10.2. The Hall–Kier alpha value is -0.970. The highest BCUT2D eigenvalue weighted by molar-refractivity contribution is 6.19. The van der Waals surface area contributed by atoms with Gasteiger partial charge in [0.15, 0.2) is 12.2 Å². The molecule has 0 radical (unpaired) electrons. The molecule has 0 saturated heterocycles. The Morgan fingerprint density at radius 2 is 1.87 bits per heavy atom. The summed E-state index contributed by atoms with van der Waals surface area (Å²) in [4.78, 5) is 21.8. The second kappa shape index (κ2) is 5.80. The normalized spacial score (nSPS) is 12.9. The first kappa shape index (κ1) is 14.0. The molecule has 15 heavy (non-hydrogen) atoms. The number of rotatable bonds is 3. The van der Waals surface area contributed by atoms with Crippen LogP contribution in [0.15, 0.2) is 0 Å². The summed E-state index contributed by atoms with van der Waals surface area (Å²) in [7, 11) is 0. The highest BCUT2D eigenvalue weighted by Crippen LogP contribution is 2.07. The van der Waals surface area contributed by atoms with Crippen molar-refractivity contribution in [2.45, 2.75) is 38.9 Å². The van der Waals surface area contributed by atoms with Gasteiger partial charge in [-0.1, -0.05) is 11.6 Å². The minimum absolute atomic E-state index is 0.486. The summed E-state index contributed by atoms with van der Waals surface area (Å²) in [6.07, 6.45) is -0.997. The van der Waals surface area contributed by atoms with Crippen LogP contribution in [0.5, 0.6) is 0 Å². The van der Waals surface area contributed by atoms with E-state index in [4.69, 9.17) is 16.3 Å². The largest absolute Gasteiger partial charge is 0.510 e. The summed E-state index contributed by atoms with van der Waals surface area (Å²) in [6, 6.07) is 0. The highest BCUT2D eigenvalue weighted by atomic mass is 35.5. The smallest absolute Gasteiger partial charge is 0.457 e. The van der Waals surface area contributed by atoms with Gasteiger partial charge in [-0.05, 0) is 27.7 Å². The van der Waals surface area contributed by atoms with E-state index in [9.17, 15) is 9.59 Å². The zero-order valence-electron chi connectivity index (χ0n) is 9.20. The van der Waals surface area contributed by atoms with Gasteiger partial charge in [0.25, 0.3) is 0 Å². The number of carbonyl (C=O) groups excluding carboxylic acids is 2. The van der Waals surface area contributed by atoms with Crippen molar-refractivity contribution in [3.05, 3.63) is 0 Å². The maximum absolute atomic E-state index is 11.1. The van der Waals surface area contributed by atoms with Crippen LogP contribution < -0.4 is 0 Å². The minimum atomic E-state index is -0.997. The third-order valence-corrected chi connectivity index (χ3v) is 1.08. The first-order chi connectivity index (χ1) is 6.70. The summed E-state index contributed by atoms with van der Waals surface area (Å²) < 4.78 is 13.8. The molecule has 0 N–H and O–H groups in total. The van der Waals surface area contributed by atoms with Gasteiger partial charge in [0.2, 0.25) is 0 Å². The molecule has 0 aliphatic carbocycles. The molecular formula is C9H15ClO5. The second-order valence-corrected chi connectivity index (χ2v) is 4.40. The first-order valence-electron chi connectivity index (χ1n) is 4.40. The van der Waals surface area contributed by atoms with Crippen LogP contribution in [0, 0.1) is 0 Å². The van der Waals surface area contributed by atoms with Crippen molar-refractivity contribution >= 4 is 23.7 Å². The summed E-state index contributed by atoms with van der Waals surface area (Å²) in [6.45, 7) is 6.11. The molecule has 0 bridgehead atoms. The van der Waals surface area contributed by atoms with E-state index in [0.717, 1.165) is 0 Å². The molecule has 1 atom stereocenters. The maximum atomic E-state index is 11.1. The second-order valence-electron chi connectivity index (χ2n) is 3.79. The summed E-state index contributed by atoms with van der Waals surface area (Å²) in [5.41, 5.74) is -1.40. The van der Waals surface area contributed by atoms with E-state index in [1.807, 2.05) is 0 Å². The monoisotopic (exact) mass is 238 g/mol. The lowest BCUT2D eigenvalue weighted by molar-refractivity contribution is -0.159. The Morgan fingerprint density at radius 3 is 2.27 bits per heavy atom. The van der Waals surface area contributed by atoms with Gasteiger partial charge >= 0.3 is 12.1 Å². The summed E-state index contributed by atoms with van der Waals surface area (Å²) in [5, 5.41) is 0. The quantitative estimate of drug-likeness (QED) is 0.556. The van der Waals surface area contributed by atoms with Gasteiger partial charge in [-0.25, -0.2) is 9.59 Å². The van der Waals surface area contributed by atoms with Crippen molar-refractivity contribution in [3.8, 4) is 0 Å². The summed E-state index contributed by atoms with van der Waals surface area (Å²) >= 11 is 5.36. The van der Waals surface area contributed by atoms with E-state index >= 15 is 0 Å². The fourth-order valence-electron chi connectivity index (χ4n) is 0.655. The minimum Gasteiger partial charge on any atom is -0.457 e. The fraction of sp³-hybridized carbons (Fsp3) is 0.778. The van der Waals surface area contributed by atoms with E-state index in [1.54, 1.807) is 20.8 Å². The van der Waals surface area contributed by atoms with Crippen molar-refractivity contribution in [1.82, 2.24) is 0 Å². The molecule has 0 aliphatic heterocycles. The Morgan fingerprint density at radius 1 is 1.33 bits per heavy atom. The Bertz CT molecular complexity index is 231. The van der Waals surface area contributed by atoms with Gasteiger partial charge in [0.1, 0.15) is 5.60 Å². The molecule has 6 heteroatoms. The number of esters is 1. The van der Waals surface area contributed by atoms with E-state index in [2.05, 4.69) is 9.47 Å². The predicted octanol–water partition coefficient (Wildman–Crippen LogP) is 2.07. The Balaban J connectivity index is 3.77. The lowest BCUT2D eigenvalue weighted by Gasteiger charge is -2.19. The first-order valence-corrected chi connectivity index (χ1v) is 4.83. The van der Waals surface area contributed by atoms with Crippen LogP contribution in [0.4, 0.5) is 4.79 Å². The fourth-order valence-corrected chi connectivity index (χ4v) is 0.728. The molecule has 0 aromatic carbocycles. The van der Waals surface area contributed by atoms with Crippen molar-refractivity contribution in [2.75, 3.05) is 6.61 Å². The molecule has 0 saturated carbocycles. The van der Waals surface area contributed by atoms with Gasteiger partial charge < -0.3 is 14.2 Å². The number of hydrogen-bond acceptors (Lipinski definition) is 5. The van der Waals surface area contributed by atoms with Crippen LogP contribution in [0.1, 0.15) is 27.7 Å². The molecule has 1 unspecified atom stereocenters. The van der Waals surface area contributed by atoms with Crippen LogP contribution in [0.2, 0.25) is 0 Å². The zero-order valence-corrected chi connectivity index (χ0v) is 9.96. The Labute approximate surface area is 93.6 Å². The molecule has 0 amide bonds. The zero-order chi connectivity index (χ0) is 12.1. The molecule has 0 rings (SSSR count). The van der Waals surface area contributed by atoms with Gasteiger partial charge in [0.05, 0.1) is 0 Å². The average Bonchev–Trinajstić information content (AvgIpc) is 1.96. The van der Waals surface area contributed by atoms with Crippen LogP contribution in [0.3, 0.4) is 0 Å². The van der Waals surface area contributed by atoms with E-state index in [1.165, 1.54) is 6.92 Å². The lowest BCUT2D eigenvalue weighted by Crippen LogP contribution is -2.27. The van der Waals surface area contributed by atoms with E-state index in [0.29, 0.717) is 0 Å². The third-order valence-electron chi connectivity index (χ3n) is 0.987. The standard InChI is InChI=1S/C9H15ClO5/c1-6(10)14-8(12)13-5-7(11)15-9(2,3)4/h6H,5H2,1-4H3. The SMILES string of the molecule is CC(Cl)OC(=O)OCC(=O)OC(C)(C)C. The molecule has 5 nitrogen and oxygen atoms in total. The number of carbonyl (C=O) groups is 2. The van der Waals surface area contributed by atoms with Gasteiger partial charge in [0, 0.05) is 0 Å². The molecule has 0 aromatic heterocycles. The Kier molecular flexibility index (Phi) is 5.43. The van der Waals surface area contributed by atoms with Gasteiger partial charge in [-0.3, -0.25) is 0 Å². The van der Waals surface area contributed by atoms with Crippen molar-refractivity contribution in [1.29, 1.82) is 0 Å². The van der Waals surface area contributed by atoms with Crippen LogP contribution in [-0.2, 0) is 19.0 Å². The molecule has 0 spiro atoms. The highest BCUT2D eigenvalue weighted by Gasteiger charge is 2.18. The average molecular weight is 239 g/mol. The summed E-state index contributed by atoms with van der Waals surface area (Å²) in [5.74, 6) is -0.637. The number of hydrogen-bond donors (Lipinski definition) is 0. The predicted molar refractivity (Wildman–Crippen MR) is 53.6 cm³/mol. The molecule has 88 valence electrons. The molecule has 0 fully saturated rings. The molecule has 0 aliphatic rings. The van der Waals surface area contributed by atoms with Crippen molar-refractivity contribution in [2.24, 2.45) is 0 Å². The third kappa shape index (κ3) is 9.34. The van der Waals surface area contributed by atoms with Crippen LogP contribution >= 0.6 is 11.6 Å². The van der Waals surface area contributed by atoms with Crippen LogP contribution in [0.25, 0.3) is 0 Å². The number of ether oxygens (including phenoxy) is 3. The molecule has 0 aromatic rings. The van der Waals surface area contributed by atoms with E-state index < -0.39 is 29.9 Å². The van der Waals surface area contributed by atoms with E-state index in [-0.39, 0.29) is 0 Å². The molecule has 0 heterocycles. The number of halogens is 1. The van der Waals surface area contributed by atoms with Crippen molar-refractivity contribution in [3.63, 3.8) is 0 Å². The topological polar surface area (TPSA) is 61.8 Å². The van der Waals surface area contributed by atoms with Gasteiger partial charge in [-0.15, -0.1) is 0 Å². The van der Waals surface area contributed by atoms with Crippen LogP contribution in [-0.4, -0.2) is 29.9 Å². The van der Waals surface area contributed by atoms with Crippen molar-refractivity contribution < 1.29 is 23.8 Å². The maximum Gasteiger partial charge on any atom is 0.510 e. The molecular weight excluding hydrogens is 224 g/mol.